The van der Waals surface area contributed by atoms with E-state index < -0.39 is 0 Å². The fourth-order valence-electron chi connectivity index (χ4n) is 0.861. The third kappa shape index (κ3) is 3.29. The molecular weight excluding hydrogens is 122 g/mol. The van der Waals surface area contributed by atoms with Crippen LogP contribution in [0.25, 0.3) is 0 Å². The van der Waals surface area contributed by atoms with Crippen LogP contribution in [-0.2, 0) is 0 Å². The first kappa shape index (κ1) is 9.23. The zero-order chi connectivity index (χ0) is 8.15. The molecule has 0 aliphatic carbocycles. The fourth-order valence-corrected chi connectivity index (χ4v) is 0.861. The van der Waals surface area contributed by atoms with Gasteiger partial charge in [0.25, 0.3) is 0 Å². The summed E-state index contributed by atoms with van der Waals surface area (Å²) in [5.41, 5.74) is 2.09. The lowest BCUT2D eigenvalue weighted by atomic mass is 10.0. The van der Waals surface area contributed by atoms with E-state index in [1.54, 1.807) is 0 Å². The van der Waals surface area contributed by atoms with Crippen molar-refractivity contribution in [3.8, 4) is 6.07 Å². The molecule has 0 fully saturated rings. The van der Waals surface area contributed by atoms with Gasteiger partial charge in [-0.2, -0.15) is 5.26 Å². The number of hydrogen-bond donors (Lipinski definition) is 0. The van der Waals surface area contributed by atoms with E-state index >= 15 is 0 Å². The molecule has 0 aliphatic heterocycles. The van der Waals surface area contributed by atoms with Crippen molar-refractivity contribution < 1.29 is 0 Å². The monoisotopic (exact) mass is 137 g/mol. The van der Waals surface area contributed by atoms with Gasteiger partial charge in [0, 0.05) is 5.57 Å². The Morgan fingerprint density at radius 1 is 1.40 bits per heavy atom. The first-order valence-corrected chi connectivity index (χ1v) is 3.64. The highest BCUT2D eigenvalue weighted by atomic mass is 14.2. The molecule has 0 rings (SSSR count). The number of hydrogen-bond acceptors (Lipinski definition) is 1. The second-order valence-corrected chi connectivity index (χ2v) is 3.12. The lowest BCUT2D eigenvalue weighted by Gasteiger charge is -2.04. The minimum Gasteiger partial charge on any atom is -0.193 e. The van der Waals surface area contributed by atoms with E-state index in [-0.39, 0.29) is 0 Å². The minimum absolute atomic E-state index is 0.656. The Bertz CT molecular complexity index is 170. The van der Waals surface area contributed by atoms with Crippen molar-refractivity contribution in [1.29, 1.82) is 5.26 Å². The van der Waals surface area contributed by atoms with Crippen molar-refractivity contribution in [1.82, 2.24) is 0 Å². The van der Waals surface area contributed by atoms with Crippen LogP contribution in [-0.4, -0.2) is 0 Å². The maximum Gasteiger partial charge on any atom is 0.0943 e. The standard InChI is InChI=1S/C9H15N/c1-7(2)5-8(3)9(4)6-10/h7H,5H2,1-4H3/b9-8+. The molecule has 0 spiro atoms. The smallest absolute Gasteiger partial charge is 0.0943 e. The van der Waals surface area contributed by atoms with E-state index in [1.165, 1.54) is 5.57 Å². The van der Waals surface area contributed by atoms with Crippen LogP contribution in [0.15, 0.2) is 11.1 Å². The number of nitrogens with zero attached hydrogens (tertiary/aromatic N) is 1. The van der Waals surface area contributed by atoms with Crippen molar-refractivity contribution in [2.24, 2.45) is 5.92 Å². The molecule has 0 unspecified atom stereocenters. The largest absolute Gasteiger partial charge is 0.193 e. The molecule has 0 aromatic carbocycles. The molecule has 0 aromatic rings. The second kappa shape index (κ2) is 4.11. The molecule has 1 heteroatoms. The van der Waals surface area contributed by atoms with Gasteiger partial charge in [-0.15, -0.1) is 0 Å². The Labute approximate surface area is 63.4 Å². The normalized spacial score (nSPS) is 12.8. The van der Waals surface area contributed by atoms with Gasteiger partial charge in [-0.3, -0.25) is 0 Å². The zero-order valence-corrected chi connectivity index (χ0v) is 7.23. The predicted octanol–water partition coefficient (Wildman–Crippen LogP) is 2.89. The molecule has 0 aromatic heterocycles. The van der Waals surface area contributed by atoms with Crippen LogP contribution in [0.3, 0.4) is 0 Å². The minimum atomic E-state index is 0.656. The Morgan fingerprint density at radius 2 is 1.90 bits per heavy atom. The van der Waals surface area contributed by atoms with Crippen LogP contribution in [0.2, 0.25) is 0 Å². The van der Waals surface area contributed by atoms with Gasteiger partial charge in [-0.1, -0.05) is 19.4 Å². The van der Waals surface area contributed by atoms with Crippen LogP contribution >= 0.6 is 0 Å². The Kier molecular flexibility index (Phi) is 3.79. The van der Waals surface area contributed by atoms with Gasteiger partial charge in [-0.05, 0) is 26.2 Å². The molecular formula is C9H15N. The number of rotatable bonds is 2. The van der Waals surface area contributed by atoms with E-state index in [1.807, 2.05) is 13.8 Å². The Balaban J connectivity index is 4.09. The lowest BCUT2D eigenvalue weighted by molar-refractivity contribution is 0.640. The highest BCUT2D eigenvalue weighted by Gasteiger charge is 1.98. The first-order chi connectivity index (χ1) is 4.57. The van der Waals surface area contributed by atoms with Crippen LogP contribution in [0.5, 0.6) is 0 Å². The predicted molar refractivity (Wildman–Crippen MR) is 43.4 cm³/mol. The zero-order valence-electron chi connectivity index (χ0n) is 7.23. The topological polar surface area (TPSA) is 23.8 Å². The van der Waals surface area contributed by atoms with E-state index in [4.69, 9.17) is 5.26 Å². The molecule has 0 saturated carbocycles. The highest BCUT2D eigenvalue weighted by molar-refractivity contribution is 5.23. The van der Waals surface area contributed by atoms with Crippen molar-refractivity contribution in [3.05, 3.63) is 11.1 Å². The third-order valence-electron chi connectivity index (χ3n) is 1.52. The molecule has 0 saturated heterocycles. The van der Waals surface area contributed by atoms with Gasteiger partial charge < -0.3 is 0 Å². The highest BCUT2D eigenvalue weighted by Crippen LogP contribution is 2.13. The quantitative estimate of drug-likeness (QED) is 0.537. The summed E-state index contributed by atoms with van der Waals surface area (Å²) in [5.74, 6) is 0.656. The number of nitriles is 1. The summed E-state index contributed by atoms with van der Waals surface area (Å²) >= 11 is 0. The molecule has 0 atom stereocenters. The maximum atomic E-state index is 8.51. The fraction of sp³-hybridized carbons (Fsp3) is 0.667. The molecule has 0 amide bonds. The van der Waals surface area contributed by atoms with E-state index in [2.05, 4.69) is 19.9 Å². The average Bonchev–Trinajstić information content (AvgIpc) is 1.85. The van der Waals surface area contributed by atoms with Crippen molar-refractivity contribution in [3.63, 3.8) is 0 Å². The summed E-state index contributed by atoms with van der Waals surface area (Å²) in [4.78, 5) is 0. The molecule has 0 radical (unpaired) electrons. The van der Waals surface area contributed by atoms with Gasteiger partial charge in [-0.25, -0.2) is 0 Å². The van der Waals surface area contributed by atoms with Crippen LogP contribution in [0, 0.1) is 17.2 Å². The summed E-state index contributed by atoms with van der Waals surface area (Å²) in [6.45, 7) is 8.22. The Hall–Kier alpha value is -0.770. The van der Waals surface area contributed by atoms with E-state index in [0.29, 0.717) is 5.92 Å². The molecule has 56 valence electrons. The third-order valence-corrected chi connectivity index (χ3v) is 1.52. The molecule has 0 N–H and O–H groups in total. The van der Waals surface area contributed by atoms with Gasteiger partial charge in [0.2, 0.25) is 0 Å². The average molecular weight is 137 g/mol. The summed E-state index contributed by atoms with van der Waals surface area (Å²) in [5, 5.41) is 8.51. The molecule has 0 heterocycles. The van der Waals surface area contributed by atoms with E-state index in [9.17, 15) is 0 Å². The van der Waals surface area contributed by atoms with E-state index in [0.717, 1.165) is 12.0 Å². The molecule has 10 heavy (non-hydrogen) atoms. The SMILES string of the molecule is C/C(C#N)=C(/C)CC(C)C. The second-order valence-electron chi connectivity index (χ2n) is 3.12. The summed E-state index contributed by atoms with van der Waals surface area (Å²) in [6, 6.07) is 2.15. The number of allylic oxidation sites excluding steroid dienone is 2. The first-order valence-electron chi connectivity index (χ1n) is 3.64. The summed E-state index contributed by atoms with van der Waals surface area (Å²) in [7, 11) is 0. The lowest BCUT2D eigenvalue weighted by Crippen LogP contribution is -1.90. The maximum absolute atomic E-state index is 8.51. The molecule has 0 bridgehead atoms. The molecule has 1 nitrogen and oxygen atoms in total. The van der Waals surface area contributed by atoms with Crippen molar-refractivity contribution in [2.45, 2.75) is 34.1 Å². The van der Waals surface area contributed by atoms with Crippen LogP contribution in [0.4, 0.5) is 0 Å². The van der Waals surface area contributed by atoms with Gasteiger partial charge in [0.1, 0.15) is 0 Å². The van der Waals surface area contributed by atoms with Gasteiger partial charge in [0.05, 0.1) is 6.07 Å². The summed E-state index contributed by atoms with van der Waals surface area (Å²) in [6.07, 6.45) is 1.04. The van der Waals surface area contributed by atoms with Gasteiger partial charge >= 0.3 is 0 Å². The van der Waals surface area contributed by atoms with Crippen molar-refractivity contribution in [2.75, 3.05) is 0 Å². The molecule has 0 aliphatic rings. The van der Waals surface area contributed by atoms with Crippen LogP contribution < -0.4 is 0 Å². The summed E-state index contributed by atoms with van der Waals surface area (Å²) < 4.78 is 0. The Morgan fingerprint density at radius 3 is 2.20 bits per heavy atom. The van der Waals surface area contributed by atoms with Crippen LogP contribution in [0.1, 0.15) is 34.1 Å². The van der Waals surface area contributed by atoms with Gasteiger partial charge in [0.15, 0.2) is 0 Å². The van der Waals surface area contributed by atoms with Crippen molar-refractivity contribution >= 4 is 0 Å².